The monoisotopic (exact) mass is 316 g/mol. The van der Waals surface area contributed by atoms with Gasteiger partial charge in [0.15, 0.2) is 6.61 Å². The van der Waals surface area contributed by atoms with E-state index in [9.17, 15) is 22.0 Å². The van der Waals surface area contributed by atoms with Crippen LogP contribution in [-0.4, -0.2) is 47.3 Å². The summed E-state index contributed by atoms with van der Waals surface area (Å²) < 4.78 is 70.5. The number of hydrogen-bond donors (Lipinski definition) is 1. The summed E-state index contributed by atoms with van der Waals surface area (Å²) >= 11 is 0. The lowest BCUT2D eigenvalue weighted by Gasteiger charge is -2.19. The number of methoxy groups -OCH3 is 1. The Morgan fingerprint density at radius 2 is 1.67 bits per heavy atom. The van der Waals surface area contributed by atoms with Crippen LogP contribution in [0.3, 0.4) is 0 Å². The predicted octanol–water partition coefficient (Wildman–Crippen LogP) is 2.28. The summed E-state index contributed by atoms with van der Waals surface area (Å²) in [4.78, 5) is 10.7. The summed E-state index contributed by atoms with van der Waals surface area (Å²) in [7, 11) is 1.20. The minimum Gasteiger partial charge on any atom is -0.467 e. The molecule has 1 aromatic heterocycles. The van der Waals surface area contributed by atoms with Crippen LogP contribution < -0.4 is 14.8 Å². The van der Waals surface area contributed by atoms with E-state index in [4.69, 9.17) is 0 Å². The van der Waals surface area contributed by atoms with Gasteiger partial charge in [-0.25, -0.2) is 0 Å². The first kappa shape index (κ1) is 17.1. The molecule has 0 unspecified atom stereocenters. The zero-order chi connectivity index (χ0) is 16.1. The minimum absolute atomic E-state index is 0.0472. The Balaban J connectivity index is 2.83. The highest BCUT2D eigenvalue weighted by Gasteiger charge is 2.58. The van der Waals surface area contributed by atoms with Gasteiger partial charge in [0.2, 0.25) is 5.95 Å². The van der Waals surface area contributed by atoms with Crippen LogP contribution in [0.25, 0.3) is 0 Å². The van der Waals surface area contributed by atoms with E-state index in [1.54, 1.807) is 0 Å². The highest BCUT2D eigenvalue weighted by atomic mass is 19.4. The van der Waals surface area contributed by atoms with Gasteiger partial charge in [0, 0.05) is 6.54 Å². The van der Waals surface area contributed by atoms with Gasteiger partial charge in [-0.2, -0.15) is 31.9 Å². The minimum atomic E-state index is -5.71. The van der Waals surface area contributed by atoms with Gasteiger partial charge in [-0.3, -0.25) is 0 Å². The van der Waals surface area contributed by atoms with Gasteiger partial charge in [-0.1, -0.05) is 6.92 Å². The van der Waals surface area contributed by atoms with Gasteiger partial charge in [0.25, 0.3) is 0 Å². The Morgan fingerprint density at radius 1 is 1.05 bits per heavy atom. The molecule has 0 saturated carbocycles. The zero-order valence-corrected chi connectivity index (χ0v) is 11.2. The molecule has 1 aromatic rings. The number of anilines is 1. The SMILES string of the molecule is CCCNc1nc(OC)nc(OCC(F)(F)C(F)(F)F)n1. The lowest BCUT2D eigenvalue weighted by atomic mass is 10.3. The van der Waals surface area contributed by atoms with E-state index in [0.717, 1.165) is 6.42 Å². The van der Waals surface area contributed by atoms with E-state index in [1.807, 2.05) is 6.92 Å². The zero-order valence-electron chi connectivity index (χ0n) is 11.2. The van der Waals surface area contributed by atoms with Crippen LogP contribution in [0.1, 0.15) is 13.3 Å². The number of aromatic nitrogens is 3. The van der Waals surface area contributed by atoms with Crippen molar-refractivity contribution in [2.45, 2.75) is 25.4 Å². The van der Waals surface area contributed by atoms with E-state index >= 15 is 0 Å². The van der Waals surface area contributed by atoms with Crippen molar-refractivity contribution in [3.8, 4) is 12.0 Å². The van der Waals surface area contributed by atoms with Crippen LogP contribution in [0.2, 0.25) is 0 Å². The molecule has 21 heavy (non-hydrogen) atoms. The molecule has 1 heterocycles. The maximum atomic E-state index is 12.7. The third-order valence-corrected chi connectivity index (χ3v) is 2.11. The Labute approximate surface area is 116 Å². The first-order valence-corrected chi connectivity index (χ1v) is 5.81. The summed E-state index contributed by atoms with van der Waals surface area (Å²) in [5.74, 6) is -5.06. The Hall–Kier alpha value is -1.94. The first-order chi connectivity index (χ1) is 9.69. The van der Waals surface area contributed by atoms with Crippen LogP contribution in [-0.2, 0) is 0 Å². The summed E-state index contributed by atoms with van der Waals surface area (Å²) in [6, 6.07) is -0.960. The van der Waals surface area contributed by atoms with Crippen LogP contribution in [0.15, 0.2) is 0 Å². The molecule has 0 saturated heterocycles. The molecule has 0 radical (unpaired) electrons. The maximum Gasteiger partial charge on any atom is 0.456 e. The fourth-order valence-electron chi connectivity index (χ4n) is 1.05. The first-order valence-electron chi connectivity index (χ1n) is 5.81. The number of rotatable bonds is 7. The average Bonchev–Trinajstić information content (AvgIpc) is 2.41. The summed E-state index contributed by atoms with van der Waals surface area (Å²) in [5, 5.41) is 2.70. The molecule has 0 aliphatic rings. The van der Waals surface area contributed by atoms with Gasteiger partial charge in [-0.15, -0.1) is 4.98 Å². The fourth-order valence-corrected chi connectivity index (χ4v) is 1.05. The predicted molar refractivity (Wildman–Crippen MR) is 61.7 cm³/mol. The topological polar surface area (TPSA) is 69.2 Å². The van der Waals surface area contributed by atoms with E-state index in [0.29, 0.717) is 6.54 Å². The largest absolute Gasteiger partial charge is 0.467 e. The van der Waals surface area contributed by atoms with Gasteiger partial charge in [0.05, 0.1) is 7.11 Å². The number of hydrogen-bond acceptors (Lipinski definition) is 6. The van der Waals surface area contributed by atoms with Crippen molar-refractivity contribution >= 4 is 5.95 Å². The van der Waals surface area contributed by atoms with Crippen molar-refractivity contribution in [3.63, 3.8) is 0 Å². The van der Waals surface area contributed by atoms with Crippen molar-refractivity contribution in [2.24, 2.45) is 0 Å². The quantitative estimate of drug-likeness (QED) is 0.778. The lowest BCUT2D eigenvalue weighted by molar-refractivity contribution is -0.290. The standard InChI is InChI=1S/C10H13F5N4O2/c1-3-4-16-6-17-7(20-2)19-8(18-6)21-5-9(11,12)10(13,14)15/h3-5H2,1-2H3,(H,16,17,18,19). The number of halogens is 5. The summed E-state index contributed by atoms with van der Waals surface area (Å²) in [5.41, 5.74) is 0. The molecule has 0 fully saturated rings. The van der Waals surface area contributed by atoms with E-state index in [-0.39, 0.29) is 12.0 Å². The normalized spacial score (nSPS) is 12.1. The maximum absolute atomic E-state index is 12.7. The number of ether oxygens (including phenoxy) is 2. The molecule has 6 nitrogen and oxygen atoms in total. The Bertz CT molecular complexity index is 469. The van der Waals surface area contributed by atoms with Crippen molar-refractivity contribution in [3.05, 3.63) is 0 Å². The average molecular weight is 316 g/mol. The second kappa shape index (κ2) is 6.68. The van der Waals surface area contributed by atoms with Crippen LogP contribution in [0.5, 0.6) is 12.0 Å². The molecule has 0 spiro atoms. The Kier molecular flexibility index (Phi) is 5.44. The molecule has 0 amide bonds. The lowest BCUT2D eigenvalue weighted by Crippen LogP contribution is -2.42. The molecule has 0 aromatic carbocycles. The molecule has 120 valence electrons. The molecular formula is C10H13F5N4O2. The van der Waals surface area contributed by atoms with E-state index < -0.39 is 24.7 Å². The van der Waals surface area contributed by atoms with Gasteiger partial charge < -0.3 is 14.8 Å². The van der Waals surface area contributed by atoms with Crippen LogP contribution in [0.4, 0.5) is 27.9 Å². The third kappa shape index (κ3) is 4.83. The molecule has 1 N–H and O–H groups in total. The molecule has 0 bridgehead atoms. The van der Waals surface area contributed by atoms with Crippen LogP contribution in [0, 0.1) is 0 Å². The summed E-state index contributed by atoms with van der Waals surface area (Å²) in [6.45, 7) is 0.384. The highest BCUT2D eigenvalue weighted by Crippen LogP contribution is 2.35. The summed E-state index contributed by atoms with van der Waals surface area (Å²) in [6.07, 6.45) is -5.00. The number of nitrogens with one attached hydrogen (secondary N) is 1. The number of nitrogens with zero attached hydrogens (tertiary/aromatic N) is 3. The number of alkyl halides is 5. The molecular weight excluding hydrogens is 303 g/mol. The van der Waals surface area contributed by atoms with Crippen molar-refractivity contribution in [1.82, 2.24) is 15.0 Å². The highest BCUT2D eigenvalue weighted by molar-refractivity contribution is 5.27. The molecule has 0 aliphatic heterocycles. The van der Waals surface area contributed by atoms with Crippen molar-refractivity contribution in [2.75, 3.05) is 25.6 Å². The molecule has 11 heteroatoms. The smallest absolute Gasteiger partial charge is 0.456 e. The van der Waals surface area contributed by atoms with Gasteiger partial charge in [0.1, 0.15) is 0 Å². The second-order valence-electron chi connectivity index (χ2n) is 3.85. The fraction of sp³-hybridized carbons (Fsp3) is 0.700. The Morgan fingerprint density at radius 3 is 2.19 bits per heavy atom. The molecule has 0 aliphatic carbocycles. The third-order valence-electron chi connectivity index (χ3n) is 2.11. The van der Waals surface area contributed by atoms with Crippen LogP contribution >= 0.6 is 0 Å². The second-order valence-corrected chi connectivity index (χ2v) is 3.85. The molecule has 1 rings (SSSR count). The van der Waals surface area contributed by atoms with Gasteiger partial charge in [-0.05, 0) is 6.42 Å². The van der Waals surface area contributed by atoms with Crippen molar-refractivity contribution in [1.29, 1.82) is 0 Å². The van der Waals surface area contributed by atoms with Gasteiger partial charge >= 0.3 is 24.1 Å². The van der Waals surface area contributed by atoms with E-state index in [2.05, 4.69) is 29.7 Å². The van der Waals surface area contributed by atoms with Crippen molar-refractivity contribution < 1.29 is 31.4 Å². The van der Waals surface area contributed by atoms with E-state index in [1.165, 1.54) is 7.11 Å². The molecule has 0 atom stereocenters.